The smallest absolute Gasteiger partial charge is 0.0558 e. The molecule has 2 nitrogen and oxygen atoms in total. The Morgan fingerprint density at radius 2 is 2.07 bits per heavy atom. The maximum Gasteiger partial charge on any atom is 0.0558 e. The van der Waals surface area contributed by atoms with Crippen LogP contribution in [-0.4, -0.2) is 19.3 Å². The number of ether oxygens (including phenoxy) is 1. The molecule has 0 aromatic carbocycles. The normalized spacial score (nSPS) is 15.2. The molecule has 0 aliphatic heterocycles. The van der Waals surface area contributed by atoms with E-state index in [0.717, 1.165) is 19.3 Å². The molecule has 0 amide bonds. The van der Waals surface area contributed by atoms with Gasteiger partial charge in [0.1, 0.15) is 0 Å². The molecule has 0 radical (unpaired) electrons. The van der Waals surface area contributed by atoms with Crippen molar-refractivity contribution in [2.24, 2.45) is 5.73 Å². The fourth-order valence-electron chi connectivity index (χ4n) is 1.59. The van der Waals surface area contributed by atoms with Gasteiger partial charge in [0.05, 0.1) is 6.10 Å². The summed E-state index contributed by atoms with van der Waals surface area (Å²) in [6.45, 7) is 4.24. The van der Waals surface area contributed by atoms with E-state index < -0.39 is 0 Å². The molecule has 1 aromatic heterocycles. The molecule has 0 saturated carbocycles. The average Bonchev–Trinajstić information content (AvgIpc) is 2.65. The minimum atomic E-state index is 0.211. The Hall–Kier alpha value is -0.380. The maximum atomic E-state index is 6.06. The maximum absolute atomic E-state index is 6.06. The first-order chi connectivity index (χ1) is 7.15. The topological polar surface area (TPSA) is 35.2 Å². The summed E-state index contributed by atoms with van der Waals surface area (Å²) in [6.07, 6.45) is 3.27. The first-order valence-electron chi connectivity index (χ1n) is 5.51. The molecule has 0 aliphatic rings. The van der Waals surface area contributed by atoms with Crippen molar-refractivity contribution in [2.75, 3.05) is 7.11 Å². The monoisotopic (exact) mass is 227 g/mol. The van der Waals surface area contributed by atoms with Gasteiger partial charge in [-0.3, -0.25) is 0 Å². The van der Waals surface area contributed by atoms with E-state index in [-0.39, 0.29) is 12.1 Å². The van der Waals surface area contributed by atoms with Crippen molar-refractivity contribution in [3.8, 4) is 0 Å². The Morgan fingerprint density at radius 3 is 2.60 bits per heavy atom. The van der Waals surface area contributed by atoms with Gasteiger partial charge >= 0.3 is 0 Å². The van der Waals surface area contributed by atoms with Crippen LogP contribution in [0, 0.1) is 0 Å². The van der Waals surface area contributed by atoms with Gasteiger partial charge in [0.25, 0.3) is 0 Å². The minimum Gasteiger partial charge on any atom is -0.382 e. The van der Waals surface area contributed by atoms with Crippen molar-refractivity contribution >= 4 is 11.3 Å². The Bertz CT molecular complexity index is 285. The second-order valence-corrected chi connectivity index (χ2v) is 5.22. The summed E-state index contributed by atoms with van der Waals surface area (Å²) < 4.78 is 5.21. The van der Waals surface area contributed by atoms with E-state index in [4.69, 9.17) is 10.5 Å². The largest absolute Gasteiger partial charge is 0.382 e. The lowest BCUT2D eigenvalue weighted by Gasteiger charge is -2.15. The highest BCUT2D eigenvalue weighted by molar-refractivity contribution is 7.11. The molecule has 0 spiro atoms. The van der Waals surface area contributed by atoms with E-state index in [0.29, 0.717) is 0 Å². The number of rotatable bonds is 6. The van der Waals surface area contributed by atoms with Crippen LogP contribution in [0.2, 0.25) is 0 Å². The summed E-state index contributed by atoms with van der Waals surface area (Å²) in [6, 6.07) is 4.61. The van der Waals surface area contributed by atoms with Gasteiger partial charge in [-0.2, -0.15) is 0 Å². The van der Waals surface area contributed by atoms with Gasteiger partial charge in [-0.15, -0.1) is 11.3 Å². The Balaban J connectivity index is 2.40. The van der Waals surface area contributed by atoms with Crippen molar-refractivity contribution in [3.63, 3.8) is 0 Å². The van der Waals surface area contributed by atoms with Crippen LogP contribution in [0.25, 0.3) is 0 Å². The molecule has 0 fully saturated rings. The zero-order valence-electron chi connectivity index (χ0n) is 9.82. The molecule has 1 heterocycles. The van der Waals surface area contributed by atoms with E-state index in [1.807, 2.05) is 11.3 Å². The molecular weight excluding hydrogens is 206 g/mol. The zero-order chi connectivity index (χ0) is 11.3. The van der Waals surface area contributed by atoms with Gasteiger partial charge in [-0.1, -0.05) is 6.92 Å². The van der Waals surface area contributed by atoms with E-state index in [1.54, 1.807) is 7.11 Å². The summed E-state index contributed by atoms with van der Waals surface area (Å²) in [5.74, 6) is 0. The van der Waals surface area contributed by atoms with Gasteiger partial charge < -0.3 is 10.5 Å². The van der Waals surface area contributed by atoms with E-state index >= 15 is 0 Å². The quantitative estimate of drug-likeness (QED) is 0.811. The van der Waals surface area contributed by atoms with E-state index in [9.17, 15) is 0 Å². The molecular formula is C12H21NOS. The predicted octanol–water partition coefficient (Wildman–Crippen LogP) is 2.61. The molecule has 2 unspecified atom stereocenters. The molecule has 2 atom stereocenters. The van der Waals surface area contributed by atoms with Gasteiger partial charge in [-0.25, -0.2) is 0 Å². The fraction of sp³-hybridized carbons (Fsp3) is 0.667. The van der Waals surface area contributed by atoms with Crippen molar-refractivity contribution < 1.29 is 4.74 Å². The Labute approximate surface area is 96.4 Å². The lowest BCUT2D eigenvalue weighted by atomic mass is 10.1. The Kier molecular flexibility index (Phi) is 5.29. The number of aryl methyl sites for hydroxylation is 1. The molecule has 0 aliphatic carbocycles. The van der Waals surface area contributed by atoms with Crippen LogP contribution in [0.1, 0.15) is 30.0 Å². The van der Waals surface area contributed by atoms with Crippen molar-refractivity contribution in [2.45, 2.75) is 45.3 Å². The molecule has 0 bridgehead atoms. The molecule has 0 saturated heterocycles. The fourth-order valence-corrected chi connectivity index (χ4v) is 2.64. The highest BCUT2D eigenvalue weighted by atomic mass is 32.1. The summed E-state index contributed by atoms with van der Waals surface area (Å²) in [5.41, 5.74) is 6.06. The summed E-state index contributed by atoms with van der Waals surface area (Å²) in [7, 11) is 1.73. The lowest BCUT2D eigenvalue weighted by molar-refractivity contribution is 0.105. The zero-order valence-corrected chi connectivity index (χ0v) is 10.6. The molecule has 3 heteroatoms. The van der Waals surface area contributed by atoms with Crippen LogP contribution >= 0.6 is 11.3 Å². The van der Waals surface area contributed by atoms with Gasteiger partial charge in [0, 0.05) is 22.9 Å². The first-order valence-corrected chi connectivity index (χ1v) is 6.33. The van der Waals surface area contributed by atoms with Gasteiger partial charge in [0.15, 0.2) is 0 Å². The number of nitrogens with two attached hydrogens (primary N) is 1. The Morgan fingerprint density at radius 1 is 1.40 bits per heavy atom. The second-order valence-electron chi connectivity index (χ2n) is 3.97. The number of methoxy groups -OCH3 is 1. The second kappa shape index (κ2) is 6.26. The standard InChI is InChI=1S/C12H21NOS/c1-4-11-5-6-12(15-11)8-10(13)7-9(2)14-3/h5-6,9-10H,4,7-8,13H2,1-3H3. The van der Waals surface area contributed by atoms with Gasteiger partial charge in [-0.05, 0) is 38.3 Å². The molecule has 15 heavy (non-hydrogen) atoms. The highest BCUT2D eigenvalue weighted by Gasteiger charge is 2.10. The van der Waals surface area contributed by atoms with Crippen LogP contribution in [0.4, 0.5) is 0 Å². The predicted molar refractivity (Wildman–Crippen MR) is 66.5 cm³/mol. The van der Waals surface area contributed by atoms with Crippen LogP contribution in [0.3, 0.4) is 0 Å². The van der Waals surface area contributed by atoms with Crippen LogP contribution in [0.15, 0.2) is 12.1 Å². The molecule has 2 N–H and O–H groups in total. The SMILES string of the molecule is CCc1ccc(CC(N)CC(C)OC)s1. The third-order valence-electron chi connectivity index (χ3n) is 2.57. The highest BCUT2D eigenvalue weighted by Crippen LogP contribution is 2.19. The lowest BCUT2D eigenvalue weighted by Crippen LogP contribution is -2.27. The van der Waals surface area contributed by atoms with Crippen molar-refractivity contribution in [3.05, 3.63) is 21.9 Å². The van der Waals surface area contributed by atoms with Gasteiger partial charge in [0.2, 0.25) is 0 Å². The van der Waals surface area contributed by atoms with E-state index in [1.165, 1.54) is 9.75 Å². The number of thiophene rings is 1. The van der Waals surface area contributed by atoms with Crippen molar-refractivity contribution in [1.82, 2.24) is 0 Å². The third kappa shape index (κ3) is 4.33. The van der Waals surface area contributed by atoms with Crippen LogP contribution in [-0.2, 0) is 17.6 Å². The molecule has 86 valence electrons. The van der Waals surface area contributed by atoms with Crippen molar-refractivity contribution in [1.29, 1.82) is 0 Å². The number of hydrogen-bond acceptors (Lipinski definition) is 3. The number of hydrogen-bond donors (Lipinski definition) is 1. The van der Waals surface area contributed by atoms with E-state index in [2.05, 4.69) is 26.0 Å². The summed E-state index contributed by atoms with van der Waals surface area (Å²) in [4.78, 5) is 2.83. The summed E-state index contributed by atoms with van der Waals surface area (Å²) >= 11 is 1.88. The third-order valence-corrected chi connectivity index (χ3v) is 3.82. The average molecular weight is 227 g/mol. The van der Waals surface area contributed by atoms with Crippen LogP contribution in [0.5, 0.6) is 0 Å². The molecule has 1 aromatic rings. The first kappa shape index (κ1) is 12.7. The minimum absolute atomic E-state index is 0.211. The molecule has 1 rings (SSSR count). The van der Waals surface area contributed by atoms with Crippen LogP contribution < -0.4 is 5.73 Å². The summed E-state index contributed by atoms with van der Waals surface area (Å²) in [5, 5.41) is 0.